The Labute approximate surface area is 330 Å². The molecular formula is C49H88O4. The fraction of sp³-hybridized carbons (Fsp3) is 0.776. The zero-order chi connectivity index (χ0) is 38.4. The summed E-state index contributed by atoms with van der Waals surface area (Å²) in [7, 11) is 0. The fourth-order valence-electron chi connectivity index (χ4n) is 6.47. The molecule has 0 bridgehead atoms. The van der Waals surface area contributed by atoms with Crippen molar-refractivity contribution in [3.63, 3.8) is 0 Å². The molecule has 1 N–H and O–H groups in total. The fourth-order valence-corrected chi connectivity index (χ4v) is 6.47. The molecule has 0 aliphatic rings. The normalized spacial score (nSPS) is 12.9. The van der Waals surface area contributed by atoms with Gasteiger partial charge in [-0.05, 0) is 57.8 Å². The molecule has 0 spiro atoms. The topological polar surface area (TPSA) is 55.8 Å². The van der Waals surface area contributed by atoms with Crippen LogP contribution in [0.3, 0.4) is 0 Å². The Morgan fingerprint density at radius 1 is 0.472 bits per heavy atom. The van der Waals surface area contributed by atoms with Crippen LogP contribution in [0.1, 0.15) is 219 Å². The van der Waals surface area contributed by atoms with Crippen LogP contribution in [0.2, 0.25) is 0 Å². The molecule has 4 nitrogen and oxygen atoms in total. The summed E-state index contributed by atoms with van der Waals surface area (Å²) in [5.41, 5.74) is 0. The van der Waals surface area contributed by atoms with E-state index in [4.69, 9.17) is 9.47 Å². The molecule has 0 heterocycles. The smallest absolute Gasteiger partial charge is 0.306 e. The zero-order valence-corrected chi connectivity index (χ0v) is 35.3. The van der Waals surface area contributed by atoms with Crippen LogP contribution in [-0.2, 0) is 14.3 Å². The van der Waals surface area contributed by atoms with E-state index in [1.165, 1.54) is 148 Å². The number of hydrogen-bond donors (Lipinski definition) is 1. The molecule has 0 saturated carbocycles. The van der Waals surface area contributed by atoms with Gasteiger partial charge in [-0.1, -0.05) is 216 Å². The molecule has 0 aliphatic heterocycles. The average Bonchev–Trinajstić information content (AvgIpc) is 3.16. The first-order valence-electron chi connectivity index (χ1n) is 22.9. The summed E-state index contributed by atoms with van der Waals surface area (Å²) in [4.78, 5) is 12.2. The molecule has 0 fully saturated rings. The second kappa shape index (κ2) is 46.2. The maximum atomic E-state index is 12.2. The first kappa shape index (κ1) is 51.1. The van der Waals surface area contributed by atoms with Crippen molar-refractivity contribution >= 4 is 5.97 Å². The lowest BCUT2D eigenvalue weighted by molar-refractivity contribution is -0.154. The molecule has 4 heteroatoms. The SMILES string of the molecule is CC/C=C\C/C=C\C/C=C\C/C=C\C/C=C\CCCCCCCCCCCC(=O)OC(CO)COCCCCCCCCCCCCCCCCCC. The number of carbonyl (C=O) groups is 1. The van der Waals surface area contributed by atoms with Crippen molar-refractivity contribution in [3.05, 3.63) is 60.8 Å². The van der Waals surface area contributed by atoms with Crippen LogP contribution in [0.15, 0.2) is 60.8 Å². The molecule has 1 unspecified atom stereocenters. The predicted molar refractivity (Wildman–Crippen MR) is 233 cm³/mol. The van der Waals surface area contributed by atoms with Gasteiger partial charge in [-0.15, -0.1) is 0 Å². The summed E-state index contributed by atoms with van der Waals surface area (Å²) in [6, 6.07) is 0. The molecule has 0 saturated heterocycles. The second-order valence-corrected chi connectivity index (χ2v) is 15.1. The Morgan fingerprint density at radius 3 is 1.28 bits per heavy atom. The van der Waals surface area contributed by atoms with Gasteiger partial charge in [0.25, 0.3) is 0 Å². The van der Waals surface area contributed by atoms with Crippen molar-refractivity contribution in [2.45, 2.75) is 225 Å². The standard InChI is InChI=1S/C49H88O4/c1-3-5-7-9-11-13-15-17-19-21-22-23-24-25-26-27-28-29-30-32-34-36-38-40-42-44-49(51)53-48(46-50)47-52-45-43-41-39-37-35-33-31-20-18-16-14-12-10-8-6-4-2/h5,7,11,13,17,19,22-23,25-26,48,50H,3-4,6,8-10,12,14-16,18,20-21,24,27-47H2,1-2H3/b7-5-,13-11-,19-17-,23-22-,26-25-. The van der Waals surface area contributed by atoms with Gasteiger partial charge < -0.3 is 14.6 Å². The highest BCUT2D eigenvalue weighted by molar-refractivity contribution is 5.69. The minimum atomic E-state index is -0.537. The van der Waals surface area contributed by atoms with Gasteiger partial charge in [-0.2, -0.15) is 0 Å². The molecule has 0 aromatic rings. The number of hydrogen-bond acceptors (Lipinski definition) is 4. The molecule has 0 radical (unpaired) electrons. The molecule has 0 amide bonds. The lowest BCUT2D eigenvalue weighted by Crippen LogP contribution is -2.27. The number of carbonyl (C=O) groups excluding carboxylic acids is 1. The van der Waals surface area contributed by atoms with Crippen LogP contribution in [-0.4, -0.2) is 37.0 Å². The van der Waals surface area contributed by atoms with Crippen molar-refractivity contribution in [1.82, 2.24) is 0 Å². The summed E-state index contributed by atoms with van der Waals surface area (Å²) < 4.78 is 11.2. The molecule has 0 aliphatic carbocycles. The highest BCUT2D eigenvalue weighted by Gasteiger charge is 2.13. The van der Waals surface area contributed by atoms with E-state index in [0.29, 0.717) is 19.6 Å². The van der Waals surface area contributed by atoms with E-state index in [-0.39, 0.29) is 12.6 Å². The number of unbranched alkanes of at least 4 members (excludes halogenated alkanes) is 24. The van der Waals surface area contributed by atoms with Gasteiger partial charge in [-0.25, -0.2) is 0 Å². The summed E-state index contributed by atoms with van der Waals surface area (Å²) in [6.45, 7) is 5.25. The first-order chi connectivity index (χ1) is 26.2. The maximum Gasteiger partial charge on any atom is 0.306 e. The molecular weight excluding hydrogens is 653 g/mol. The van der Waals surface area contributed by atoms with Gasteiger partial charge in [-0.3, -0.25) is 4.79 Å². The summed E-state index contributed by atoms with van der Waals surface area (Å²) in [6.07, 6.45) is 61.4. The summed E-state index contributed by atoms with van der Waals surface area (Å²) in [5, 5.41) is 9.62. The molecule has 0 aromatic heterocycles. The number of esters is 1. The Hall–Kier alpha value is -1.91. The molecule has 0 aromatic carbocycles. The predicted octanol–water partition coefficient (Wildman–Crippen LogP) is 15.2. The van der Waals surface area contributed by atoms with Crippen LogP contribution >= 0.6 is 0 Å². The Morgan fingerprint density at radius 2 is 0.849 bits per heavy atom. The third-order valence-electron chi connectivity index (χ3n) is 9.86. The number of ether oxygens (including phenoxy) is 2. The Kier molecular flexibility index (Phi) is 44.6. The minimum Gasteiger partial charge on any atom is -0.457 e. The molecule has 0 rings (SSSR count). The highest BCUT2D eigenvalue weighted by Crippen LogP contribution is 2.15. The van der Waals surface area contributed by atoms with E-state index in [1.54, 1.807) is 0 Å². The van der Waals surface area contributed by atoms with Gasteiger partial charge in [0.2, 0.25) is 0 Å². The minimum absolute atomic E-state index is 0.174. The van der Waals surface area contributed by atoms with Crippen LogP contribution < -0.4 is 0 Å². The summed E-state index contributed by atoms with van der Waals surface area (Å²) in [5.74, 6) is -0.206. The lowest BCUT2D eigenvalue weighted by Gasteiger charge is -2.16. The molecule has 53 heavy (non-hydrogen) atoms. The Bertz CT molecular complexity index is 870. The average molecular weight is 741 g/mol. The van der Waals surface area contributed by atoms with Gasteiger partial charge in [0.1, 0.15) is 6.10 Å². The maximum absolute atomic E-state index is 12.2. The van der Waals surface area contributed by atoms with Gasteiger partial charge >= 0.3 is 5.97 Å². The zero-order valence-electron chi connectivity index (χ0n) is 35.3. The van der Waals surface area contributed by atoms with Crippen molar-refractivity contribution < 1.29 is 19.4 Å². The van der Waals surface area contributed by atoms with Crippen LogP contribution in [0.25, 0.3) is 0 Å². The first-order valence-corrected chi connectivity index (χ1v) is 22.9. The Balaban J connectivity index is 3.45. The van der Waals surface area contributed by atoms with Crippen LogP contribution in [0.5, 0.6) is 0 Å². The third kappa shape index (κ3) is 44.4. The van der Waals surface area contributed by atoms with Crippen molar-refractivity contribution in [1.29, 1.82) is 0 Å². The number of aliphatic hydroxyl groups excluding tert-OH is 1. The van der Waals surface area contributed by atoms with E-state index in [0.717, 1.165) is 51.4 Å². The largest absolute Gasteiger partial charge is 0.457 e. The third-order valence-corrected chi connectivity index (χ3v) is 9.86. The van der Waals surface area contributed by atoms with E-state index >= 15 is 0 Å². The summed E-state index contributed by atoms with van der Waals surface area (Å²) >= 11 is 0. The van der Waals surface area contributed by atoms with E-state index in [9.17, 15) is 9.90 Å². The highest BCUT2D eigenvalue weighted by atomic mass is 16.6. The lowest BCUT2D eigenvalue weighted by atomic mass is 10.0. The van der Waals surface area contributed by atoms with Crippen LogP contribution in [0.4, 0.5) is 0 Å². The monoisotopic (exact) mass is 741 g/mol. The number of rotatable bonds is 42. The van der Waals surface area contributed by atoms with E-state index < -0.39 is 6.10 Å². The van der Waals surface area contributed by atoms with Crippen molar-refractivity contribution in [3.8, 4) is 0 Å². The van der Waals surface area contributed by atoms with Gasteiger partial charge in [0, 0.05) is 13.0 Å². The molecule has 1 atom stereocenters. The van der Waals surface area contributed by atoms with E-state index in [1.807, 2.05) is 0 Å². The number of aliphatic hydroxyl groups is 1. The quantitative estimate of drug-likeness (QED) is 0.0385. The van der Waals surface area contributed by atoms with Crippen molar-refractivity contribution in [2.24, 2.45) is 0 Å². The number of allylic oxidation sites excluding steroid dienone is 10. The molecule has 308 valence electrons. The van der Waals surface area contributed by atoms with Crippen LogP contribution in [0, 0.1) is 0 Å². The van der Waals surface area contributed by atoms with Crippen molar-refractivity contribution in [2.75, 3.05) is 19.8 Å². The van der Waals surface area contributed by atoms with Gasteiger partial charge in [0.15, 0.2) is 0 Å². The van der Waals surface area contributed by atoms with Gasteiger partial charge in [0.05, 0.1) is 13.2 Å². The second-order valence-electron chi connectivity index (χ2n) is 15.1. The van der Waals surface area contributed by atoms with E-state index in [2.05, 4.69) is 74.6 Å².